The molecule has 0 aliphatic rings. The van der Waals surface area contributed by atoms with Gasteiger partial charge >= 0.3 is 5.97 Å². The van der Waals surface area contributed by atoms with E-state index in [0.717, 1.165) is 46.1 Å². The van der Waals surface area contributed by atoms with Gasteiger partial charge in [-0.25, -0.2) is 0 Å². The van der Waals surface area contributed by atoms with Crippen molar-refractivity contribution in [1.29, 1.82) is 0 Å². The molecule has 1 heterocycles. The van der Waals surface area contributed by atoms with E-state index in [1.807, 2.05) is 43.5 Å². The van der Waals surface area contributed by atoms with Gasteiger partial charge in [-0.2, -0.15) is 0 Å². The normalized spacial score (nSPS) is 11.6. The molecule has 0 bridgehead atoms. The number of carboxylic acids is 1. The van der Waals surface area contributed by atoms with E-state index in [0.29, 0.717) is 30.2 Å². The maximum Gasteiger partial charge on any atom is 0.303 e. The van der Waals surface area contributed by atoms with Crippen molar-refractivity contribution >= 4 is 28.5 Å². The number of para-hydroxylation sites is 1. The van der Waals surface area contributed by atoms with Crippen LogP contribution in [0.5, 0.6) is 0 Å². The van der Waals surface area contributed by atoms with Crippen LogP contribution in [0.3, 0.4) is 0 Å². The second-order valence-corrected chi connectivity index (χ2v) is 13.8. The van der Waals surface area contributed by atoms with E-state index < -0.39 is 5.97 Å². The van der Waals surface area contributed by atoms with E-state index in [1.54, 1.807) is 4.57 Å². The van der Waals surface area contributed by atoms with Gasteiger partial charge in [-0.3, -0.25) is 14.2 Å². The van der Waals surface area contributed by atoms with Crippen molar-refractivity contribution in [2.75, 3.05) is 5.32 Å². The van der Waals surface area contributed by atoms with E-state index in [4.69, 9.17) is 5.11 Å². The minimum atomic E-state index is -0.809. The van der Waals surface area contributed by atoms with Crippen LogP contribution in [0, 0.1) is 25.7 Å². The lowest BCUT2D eigenvalue weighted by Gasteiger charge is -2.23. The lowest BCUT2D eigenvalue weighted by Crippen LogP contribution is -2.16. The molecule has 0 saturated heterocycles. The summed E-state index contributed by atoms with van der Waals surface area (Å²) in [5.74, 6) is 0.278. The van der Waals surface area contributed by atoms with Crippen LogP contribution in [0.1, 0.15) is 95.9 Å². The van der Waals surface area contributed by atoms with Crippen molar-refractivity contribution < 1.29 is 14.7 Å². The number of hydrogen-bond donors (Lipinski definition) is 2. The summed E-state index contributed by atoms with van der Waals surface area (Å²) in [5, 5.41) is 14.0. The Balaban J connectivity index is 1.51. The molecule has 0 amide bonds. The summed E-state index contributed by atoms with van der Waals surface area (Å²) in [5.41, 5.74) is 10.3. The number of benzene rings is 4. The van der Waals surface area contributed by atoms with Crippen molar-refractivity contribution in [3.05, 3.63) is 136 Å². The number of aryl methyl sites for hydroxylation is 2. The van der Waals surface area contributed by atoms with Gasteiger partial charge in [-0.1, -0.05) is 94.4 Å². The zero-order chi connectivity index (χ0) is 33.7. The Morgan fingerprint density at radius 1 is 0.787 bits per heavy atom. The molecule has 0 radical (unpaired) electrons. The van der Waals surface area contributed by atoms with Crippen molar-refractivity contribution in [3.8, 4) is 0 Å². The average Bonchev–Trinajstić information content (AvgIpc) is 3.40. The Kier molecular flexibility index (Phi) is 10.7. The third kappa shape index (κ3) is 8.21. The number of fused-ring (bicyclic) bond motifs is 1. The van der Waals surface area contributed by atoms with Gasteiger partial charge < -0.3 is 10.4 Å². The zero-order valence-electron chi connectivity index (χ0n) is 28.6. The Morgan fingerprint density at radius 2 is 1.36 bits per heavy atom. The van der Waals surface area contributed by atoms with Crippen molar-refractivity contribution in [1.82, 2.24) is 4.57 Å². The lowest BCUT2D eigenvalue weighted by atomic mass is 9.93. The summed E-state index contributed by atoms with van der Waals surface area (Å²) in [4.78, 5) is 25.5. The van der Waals surface area contributed by atoms with Gasteiger partial charge in [-0.15, -0.1) is 0 Å². The summed E-state index contributed by atoms with van der Waals surface area (Å²) >= 11 is 0. The molecule has 2 N–H and O–H groups in total. The van der Waals surface area contributed by atoms with E-state index in [-0.39, 0.29) is 18.4 Å². The van der Waals surface area contributed by atoms with Gasteiger partial charge in [0.05, 0.1) is 11.6 Å². The molecule has 0 fully saturated rings. The largest absolute Gasteiger partial charge is 0.481 e. The fourth-order valence-corrected chi connectivity index (χ4v) is 6.50. The first kappa shape index (κ1) is 33.7. The highest BCUT2D eigenvalue weighted by Gasteiger charge is 2.21. The number of aliphatic carboxylic acids is 1. The van der Waals surface area contributed by atoms with Gasteiger partial charge in [0.2, 0.25) is 0 Å². The molecule has 47 heavy (non-hydrogen) atoms. The molecule has 5 nitrogen and oxygen atoms in total. The molecular formula is C42H48N2O3. The Morgan fingerprint density at radius 3 is 1.91 bits per heavy atom. The summed E-state index contributed by atoms with van der Waals surface area (Å²) < 4.78 is 1.73. The predicted molar refractivity (Wildman–Crippen MR) is 194 cm³/mol. The topological polar surface area (TPSA) is 71.3 Å². The summed E-state index contributed by atoms with van der Waals surface area (Å²) in [6.45, 7) is 13.0. The van der Waals surface area contributed by atoms with Crippen LogP contribution in [0.2, 0.25) is 0 Å². The van der Waals surface area contributed by atoms with Crippen molar-refractivity contribution in [2.45, 2.75) is 79.7 Å². The third-order valence-corrected chi connectivity index (χ3v) is 8.97. The first-order valence-corrected chi connectivity index (χ1v) is 16.9. The Hall–Kier alpha value is -4.64. The number of anilines is 1. The van der Waals surface area contributed by atoms with Crippen molar-refractivity contribution in [2.24, 2.45) is 11.8 Å². The molecule has 0 spiro atoms. The van der Waals surface area contributed by atoms with Crippen LogP contribution >= 0.6 is 0 Å². The molecule has 0 atom stereocenters. The van der Waals surface area contributed by atoms with E-state index in [2.05, 4.69) is 94.5 Å². The standard InChI is InChI=1S/C42H48N2O3/c1-27(2)22-31-14-18-33(19-15-31)41(34-20-16-32(17-21-34)23-28(3)4)43-36-24-29(5)30(6)38(25-36)42(47)44-26-35(10-9-13-40(45)46)37-11-7-8-12-39(37)44/h7-8,11-12,14-21,24-28,41,43H,9-10,13,22-23H2,1-6H3,(H,45,46). The van der Waals surface area contributed by atoms with Crippen LogP contribution in [0.15, 0.2) is 91.1 Å². The average molecular weight is 629 g/mol. The maximum atomic E-state index is 14.3. The van der Waals surface area contributed by atoms with Crippen LogP contribution < -0.4 is 5.32 Å². The smallest absolute Gasteiger partial charge is 0.303 e. The summed E-state index contributed by atoms with van der Waals surface area (Å²) in [6, 6.07) is 29.7. The van der Waals surface area contributed by atoms with E-state index in [1.165, 1.54) is 22.3 Å². The number of carbonyl (C=O) groups excluding carboxylic acids is 1. The van der Waals surface area contributed by atoms with Gasteiger partial charge in [0.1, 0.15) is 0 Å². The molecule has 0 unspecified atom stereocenters. The van der Waals surface area contributed by atoms with Crippen LogP contribution in [-0.2, 0) is 24.1 Å². The molecular weight excluding hydrogens is 580 g/mol. The number of carbonyl (C=O) groups is 2. The van der Waals surface area contributed by atoms with Crippen LogP contribution in [-0.4, -0.2) is 21.6 Å². The van der Waals surface area contributed by atoms with Crippen molar-refractivity contribution in [3.63, 3.8) is 0 Å². The Bertz CT molecular complexity index is 1790. The summed E-state index contributed by atoms with van der Waals surface area (Å²) in [7, 11) is 0. The van der Waals surface area contributed by atoms with Gasteiger partial charge in [0.25, 0.3) is 5.91 Å². The molecule has 0 saturated carbocycles. The molecule has 5 aromatic rings. The second-order valence-electron chi connectivity index (χ2n) is 13.8. The fourth-order valence-electron chi connectivity index (χ4n) is 6.50. The molecule has 0 aliphatic heterocycles. The van der Waals surface area contributed by atoms with E-state index in [9.17, 15) is 9.59 Å². The lowest BCUT2D eigenvalue weighted by molar-refractivity contribution is -0.137. The quantitative estimate of drug-likeness (QED) is 0.136. The minimum absolute atomic E-state index is 0.0949. The molecule has 0 aliphatic carbocycles. The van der Waals surface area contributed by atoms with Gasteiger partial charge in [0.15, 0.2) is 0 Å². The number of aromatic nitrogens is 1. The highest BCUT2D eigenvalue weighted by Crippen LogP contribution is 2.32. The van der Waals surface area contributed by atoms with Gasteiger partial charge in [-0.05, 0) is 109 Å². The predicted octanol–water partition coefficient (Wildman–Crippen LogP) is 9.95. The number of nitrogens with one attached hydrogen (secondary N) is 1. The minimum Gasteiger partial charge on any atom is -0.481 e. The fraction of sp³-hybridized carbons (Fsp3) is 0.333. The number of hydrogen-bond acceptors (Lipinski definition) is 3. The molecule has 244 valence electrons. The van der Waals surface area contributed by atoms with Crippen LogP contribution in [0.25, 0.3) is 10.9 Å². The number of nitrogens with zero attached hydrogens (tertiary/aromatic N) is 1. The first-order chi connectivity index (χ1) is 22.5. The molecule has 5 rings (SSSR count). The van der Waals surface area contributed by atoms with Gasteiger partial charge in [0, 0.05) is 29.3 Å². The Labute approximate surface area is 279 Å². The monoisotopic (exact) mass is 628 g/mol. The second kappa shape index (κ2) is 14.8. The highest BCUT2D eigenvalue weighted by atomic mass is 16.4. The zero-order valence-corrected chi connectivity index (χ0v) is 28.6. The molecule has 1 aromatic heterocycles. The maximum absolute atomic E-state index is 14.3. The van der Waals surface area contributed by atoms with E-state index >= 15 is 0 Å². The first-order valence-electron chi connectivity index (χ1n) is 16.9. The van der Waals surface area contributed by atoms with Crippen LogP contribution in [0.4, 0.5) is 5.69 Å². The highest BCUT2D eigenvalue weighted by molar-refractivity contribution is 6.04. The number of carboxylic acid groups (broad SMARTS) is 1. The molecule has 5 heteroatoms. The summed E-state index contributed by atoms with van der Waals surface area (Å²) in [6.07, 6.45) is 5.19. The number of rotatable bonds is 13. The SMILES string of the molecule is Cc1cc(NC(c2ccc(CC(C)C)cc2)c2ccc(CC(C)C)cc2)cc(C(=O)n2cc(CCCC(=O)O)c3ccccc32)c1C. The third-order valence-electron chi connectivity index (χ3n) is 8.97. The molecule has 4 aromatic carbocycles.